The monoisotopic (exact) mass is 240 g/mol. The average molecular weight is 241 g/mol. The van der Waals surface area contributed by atoms with Gasteiger partial charge in [-0.05, 0) is 24.6 Å². The smallest absolute Gasteiger partial charge is 0.135 e. The normalized spacial score (nSPS) is 17.7. The molecular formula is C12H13ClO3. The highest BCUT2D eigenvalue weighted by atomic mass is 35.5. The topological polar surface area (TPSA) is 35.5 Å². The van der Waals surface area contributed by atoms with Crippen LogP contribution in [-0.4, -0.2) is 26.6 Å². The van der Waals surface area contributed by atoms with Crippen molar-refractivity contribution in [1.29, 1.82) is 0 Å². The fourth-order valence-electron chi connectivity index (χ4n) is 1.98. The molecule has 1 aromatic rings. The second-order valence-corrected chi connectivity index (χ2v) is 4.51. The highest BCUT2D eigenvalue weighted by Gasteiger charge is 2.43. The van der Waals surface area contributed by atoms with Gasteiger partial charge in [-0.3, -0.25) is 0 Å². The predicted molar refractivity (Wildman–Crippen MR) is 61.3 cm³/mol. The molecule has 0 aliphatic carbocycles. The Bertz CT molecular complexity index is 425. The van der Waals surface area contributed by atoms with Gasteiger partial charge < -0.3 is 14.3 Å². The molecule has 1 aliphatic rings. The third-order valence-electron chi connectivity index (χ3n) is 2.92. The summed E-state index contributed by atoms with van der Waals surface area (Å²) in [5.74, 6) is 0.722. The molecule has 0 radical (unpaired) electrons. The molecule has 1 heterocycles. The summed E-state index contributed by atoms with van der Waals surface area (Å²) >= 11 is 6.01. The fourth-order valence-corrected chi connectivity index (χ4v) is 2.25. The number of rotatable bonds is 3. The van der Waals surface area contributed by atoms with E-state index in [0.29, 0.717) is 18.2 Å². The number of carbonyl (C=O) groups excluding carboxylic acids is 1. The fraction of sp³-hybridized carbons (Fsp3) is 0.417. The highest BCUT2D eigenvalue weighted by Crippen LogP contribution is 2.39. The summed E-state index contributed by atoms with van der Waals surface area (Å²) in [5.41, 5.74) is 1.17. The third kappa shape index (κ3) is 1.60. The summed E-state index contributed by atoms with van der Waals surface area (Å²) in [4.78, 5) is 11.2. The number of carbonyl (C=O) groups is 1. The zero-order valence-corrected chi connectivity index (χ0v) is 10.0. The molecule has 0 N–H and O–H groups in total. The van der Waals surface area contributed by atoms with Crippen molar-refractivity contribution in [3.63, 3.8) is 0 Å². The van der Waals surface area contributed by atoms with E-state index in [2.05, 4.69) is 0 Å². The van der Waals surface area contributed by atoms with Crippen LogP contribution in [0.2, 0.25) is 5.02 Å². The molecule has 0 amide bonds. The lowest BCUT2D eigenvalue weighted by Gasteiger charge is -2.38. The minimum atomic E-state index is -0.582. The van der Waals surface area contributed by atoms with E-state index in [9.17, 15) is 4.79 Å². The van der Waals surface area contributed by atoms with Gasteiger partial charge in [-0.2, -0.15) is 0 Å². The molecule has 2 rings (SSSR count). The van der Waals surface area contributed by atoms with Gasteiger partial charge in [0.05, 0.1) is 20.3 Å². The zero-order valence-electron chi connectivity index (χ0n) is 9.25. The Balaban J connectivity index is 2.58. The van der Waals surface area contributed by atoms with Crippen LogP contribution < -0.4 is 4.74 Å². The van der Waals surface area contributed by atoms with E-state index in [1.54, 1.807) is 13.2 Å². The van der Waals surface area contributed by atoms with Crippen LogP contribution in [0.4, 0.5) is 0 Å². The molecule has 1 aliphatic heterocycles. The van der Waals surface area contributed by atoms with Crippen LogP contribution in [0.15, 0.2) is 12.1 Å². The molecule has 1 aromatic carbocycles. The largest absolute Gasteiger partial charge is 0.496 e. The van der Waals surface area contributed by atoms with Gasteiger partial charge in [0, 0.05) is 10.6 Å². The molecule has 3 nitrogen and oxygen atoms in total. The van der Waals surface area contributed by atoms with Gasteiger partial charge in [-0.15, -0.1) is 0 Å². The highest BCUT2D eigenvalue weighted by molar-refractivity contribution is 6.30. The number of hydrogen-bond donors (Lipinski definition) is 0. The first-order valence-electron chi connectivity index (χ1n) is 5.01. The maximum absolute atomic E-state index is 11.2. The molecular weight excluding hydrogens is 228 g/mol. The molecule has 1 fully saturated rings. The van der Waals surface area contributed by atoms with Crippen molar-refractivity contribution >= 4 is 17.9 Å². The van der Waals surface area contributed by atoms with Crippen LogP contribution in [0.1, 0.15) is 11.1 Å². The standard InChI is InChI=1S/C12H13ClO3/c1-8-3-9(13)4-10(11(8)15-2)12(5-14)6-16-7-12/h3-5H,6-7H2,1-2H3. The molecule has 0 bridgehead atoms. The first-order valence-corrected chi connectivity index (χ1v) is 5.39. The lowest BCUT2D eigenvalue weighted by atomic mass is 9.79. The van der Waals surface area contributed by atoms with Crippen LogP contribution in [0.25, 0.3) is 0 Å². The molecule has 0 saturated carbocycles. The van der Waals surface area contributed by atoms with Crippen LogP contribution in [0, 0.1) is 6.92 Å². The summed E-state index contributed by atoms with van der Waals surface area (Å²) in [6, 6.07) is 3.60. The van der Waals surface area contributed by atoms with E-state index in [1.807, 2.05) is 13.0 Å². The van der Waals surface area contributed by atoms with Gasteiger partial charge in [0.25, 0.3) is 0 Å². The minimum absolute atomic E-state index is 0.395. The number of aldehydes is 1. The van der Waals surface area contributed by atoms with Gasteiger partial charge in [-0.25, -0.2) is 0 Å². The molecule has 0 unspecified atom stereocenters. The second-order valence-electron chi connectivity index (χ2n) is 4.07. The SMILES string of the molecule is COc1c(C)cc(Cl)cc1C1(C=O)COC1. The molecule has 0 aromatic heterocycles. The summed E-state index contributed by atoms with van der Waals surface area (Å²) in [7, 11) is 1.60. The van der Waals surface area contributed by atoms with Crippen molar-refractivity contribution in [3.8, 4) is 5.75 Å². The van der Waals surface area contributed by atoms with Crippen molar-refractivity contribution in [1.82, 2.24) is 0 Å². The van der Waals surface area contributed by atoms with Crippen LogP contribution >= 0.6 is 11.6 Å². The number of ether oxygens (including phenoxy) is 2. The van der Waals surface area contributed by atoms with Crippen molar-refractivity contribution in [2.45, 2.75) is 12.3 Å². The quantitative estimate of drug-likeness (QED) is 0.760. The lowest BCUT2D eigenvalue weighted by molar-refractivity contribution is -0.130. The molecule has 0 atom stereocenters. The van der Waals surface area contributed by atoms with Crippen LogP contribution in [0.5, 0.6) is 5.75 Å². The van der Waals surface area contributed by atoms with E-state index in [1.165, 1.54) is 0 Å². The third-order valence-corrected chi connectivity index (χ3v) is 3.14. The van der Waals surface area contributed by atoms with Gasteiger partial charge >= 0.3 is 0 Å². The van der Waals surface area contributed by atoms with Gasteiger partial charge in [0.15, 0.2) is 0 Å². The summed E-state index contributed by atoms with van der Waals surface area (Å²) in [6.07, 6.45) is 0.921. The second kappa shape index (κ2) is 4.07. The van der Waals surface area contributed by atoms with Crippen molar-refractivity contribution in [2.24, 2.45) is 0 Å². The first kappa shape index (κ1) is 11.4. The Labute approximate surface area is 99.3 Å². The van der Waals surface area contributed by atoms with E-state index in [4.69, 9.17) is 21.1 Å². The Hall–Kier alpha value is -1.06. The Morgan fingerprint density at radius 3 is 2.62 bits per heavy atom. The van der Waals surface area contributed by atoms with E-state index in [-0.39, 0.29) is 0 Å². The summed E-state index contributed by atoms with van der Waals surface area (Å²) in [6.45, 7) is 2.70. The van der Waals surface area contributed by atoms with Gasteiger partial charge in [0.1, 0.15) is 17.5 Å². The van der Waals surface area contributed by atoms with Crippen molar-refractivity contribution in [2.75, 3.05) is 20.3 Å². The lowest BCUT2D eigenvalue weighted by Crippen LogP contribution is -2.48. The van der Waals surface area contributed by atoms with Crippen molar-refractivity contribution < 1.29 is 14.3 Å². The van der Waals surface area contributed by atoms with E-state index >= 15 is 0 Å². The number of halogens is 1. The van der Waals surface area contributed by atoms with Crippen LogP contribution in [-0.2, 0) is 14.9 Å². The predicted octanol–water partition coefficient (Wildman–Crippen LogP) is 2.12. The molecule has 1 saturated heterocycles. The van der Waals surface area contributed by atoms with Gasteiger partial charge in [0.2, 0.25) is 0 Å². The first-order chi connectivity index (χ1) is 7.63. The zero-order chi connectivity index (χ0) is 11.8. The number of aryl methyl sites for hydroxylation is 1. The number of benzene rings is 1. The van der Waals surface area contributed by atoms with E-state index in [0.717, 1.165) is 23.2 Å². The van der Waals surface area contributed by atoms with E-state index < -0.39 is 5.41 Å². The molecule has 86 valence electrons. The average Bonchev–Trinajstić information content (AvgIpc) is 2.16. The Morgan fingerprint density at radius 2 is 2.19 bits per heavy atom. The number of hydrogen-bond acceptors (Lipinski definition) is 3. The molecule has 0 spiro atoms. The van der Waals surface area contributed by atoms with Crippen molar-refractivity contribution in [3.05, 3.63) is 28.3 Å². The molecule has 4 heteroatoms. The Morgan fingerprint density at radius 1 is 1.50 bits per heavy atom. The summed E-state index contributed by atoms with van der Waals surface area (Å²) < 4.78 is 10.5. The van der Waals surface area contributed by atoms with Gasteiger partial charge in [-0.1, -0.05) is 11.6 Å². The molecule has 16 heavy (non-hydrogen) atoms. The Kier molecular flexibility index (Phi) is 2.91. The minimum Gasteiger partial charge on any atom is -0.496 e. The maximum atomic E-state index is 11.2. The maximum Gasteiger partial charge on any atom is 0.135 e. The summed E-state index contributed by atoms with van der Waals surface area (Å²) in [5, 5.41) is 0.612. The number of methoxy groups -OCH3 is 1. The van der Waals surface area contributed by atoms with Crippen LogP contribution in [0.3, 0.4) is 0 Å².